The number of esters is 1. The molecule has 0 unspecified atom stereocenters. The van der Waals surface area contributed by atoms with E-state index >= 15 is 0 Å². The molecule has 18 heavy (non-hydrogen) atoms. The number of allylic oxidation sites excluding steroid dienone is 1. The van der Waals surface area contributed by atoms with Crippen molar-refractivity contribution in [3.8, 4) is 0 Å². The molecule has 0 aliphatic carbocycles. The molecule has 0 bridgehead atoms. The Labute approximate surface area is 103 Å². The zero-order chi connectivity index (χ0) is 13.7. The van der Waals surface area contributed by atoms with E-state index in [1.807, 2.05) is 0 Å². The number of hydrogen-bond donors (Lipinski definition) is 0. The van der Waals surface area contributed by atoms with Crippen LogP contribution in [0.4, 0.5) is 10.1 Å². The van der Waals surface area contributed by atoms with Crippen molar-refractivity contribution in [2.24, 2.45) is 0 Å². The van der Waals surface area contributed by atoms with Gasteiger partial charge < -0.3 is 4.74 Å². The summed E-state index contributed by atoms with van der Waals surface area (Å²) in [6.07, 6.45) is 1.21. The summed E-state index contributed by atoms with van der Waals surface area (Å²) in [6.45, 7) is 3.50. The lowest BCUT2D eigenvalue weighted by molar-refractivity contribution is -0.387. The molecule has 1 aromatic rings. The van der Waals surface area contributed by atoms with Gasteiger partial charge in [-0.1, -0.05) is 6.07 Å². The summed E-state index contributed by atoms with van der Waals surface area (Å²) in [6, 6.07) is 3.45. The second-order valence-corrected chi connectivity index (χ2v) is 3.50. The van der Waals surface area contributed by atoms with Crippen molar-refractivity contribution >= 4 is 17.2 Å². The highest BCUT2D eigenvalue weighted by Crippen LogP contribution is 2.23. The van der Waals surface area contributed by atoms with Gasteiger partial charge in [-0.15, -0.1) is 0 Å². The van der Waals surface area contributed by atoms with E-state index in [4.69, 9.17) is 4.74 Å². The molecule has 0 atom stereocenters. The molecule has 0 saturated carbocycles. The third-order valence-corrected chi connectivity index (χ3v) is 2.22. The monoisotopic (exact) mass is 253 g/mol. The average Bonchev–Trinajstić information content (AvgIpc) is 2.29. The molecule has 0 radical (unpaired) electrons. The minimum atomic E-state index is -0.910. The van der Waals surface area contributed by atoms with Crippen LogP contribution in [0, 0.1) is 15.9 Å². The minimum absolute atomic E-state index is 0.242. The van der Waals surface area contributed by atoms with E-state index in [2.05, 4.69) is 0 Å². The Morgan fingerprint density at radius 2 is 2.22 bits per heavy atom. The number of nitrogens with zero attached hydrogens (tertiary/aromatic N) is 1. The summed E-state index contributed by atoms with van der Waals surface area (Å²) in [4.78, 5) is 21.0. The number of hydrogen-bond acceptors (Lipinski definition) is 4. The maximum atomic E-state index is 13.1. The van der Waals surface area contributed by atoms with Crippen molar-refractivity contribution in [2.75, 3.05) is 6.61 Å². The molecular weight excluding hydrogens is 241 g/mol. The van der Waals surface area contributed by atoms with Crippen LogP contribution in [0.3, 0.4) is 0 Å². The molecule has 0 heterocycles. The van der Waals surface area contributed by atoms with Crippen LogP contribution in [0.15, 0.2) is 24.3 Å². The molecule has 0 N–H and O–H groups in total. The first-order chi connectivity index (χ1) is 8.45. The van der Waals surface area contributed by atoms with E-state index in [-0.39, 0.29) is 6.61 Å². The lowest BCUT2D eigenvalue weighted by atomic mass is 10.1. The van der Waals surface area contributed by atoms with Gasteiger partial charge in [-0.3, -0.25) is 10.1 Å². The fourth-order valence-electron chi connectivity index (χ4n) is 1.34. The zero-order valence-electron chi connectivity index (χ0n) is 9.97. The van der Waals surface area contributed by atoms with Gasteiger partial charge in [0.25, 0.3) is 0 Å². The molecule has 6 heteroatoms. The van der Waals surface area contributed by atoms with Gasteiger partial charge >= 0.3 is 11.7 Å². The van der Waals surface area contributed by atoms with E-state index < -0.39 is 22.4 Å². The fourth-order valence-corrected chi connectivity index (χ4v) is 1.34. The summed E-state index contributed by atoms with van der Waals surface area (Å²) in [5.41, 5.74) is 0.247. The summed E-state index contributed by atoms with van der Waals surface area (Å²) in [7, 11) is 0. The Morgan fingerprint density at radius 3 is 2.78 bits per heavy atom. The Balaban J connectivity index is 3.07. The molecular formula is C12H12FNO4. The van der Waals surface area contributed by atoms with Crippen molar-refractivity contribution in [3.63, 3.8) is 0 Å². The highest BCUT2D eigenvalue weighted by Gasteiger charge is 2.15. The van der Waals surface area contributed by atoms with Crippen molar-refractivity contribution in [3.05, 3.63) is 45.8 Å². The van der Waals surface area contributed by atoms with Crippen molar-refractivity contribution in [1.82, 2.24) is 0 Å². The third kappa shape index (κ3) is 3.38. The number of halogens is 1. The Kier molecular flexibility index (Phi) is 4.53. The van der Waals surface area contributed by atoms with Crippen LogP contribution >= 0.6 is 0 Å². The number of carbonyl (C=O) groups excluding carboxylic acids is 1. The van der Waals surface area contributed by atoms with Crippen LogP contribution in [-0.2, 0) is 9.53 Å². The fraction of sp³-hybridized carbons (Fsp3) is 0.250. The number of ether oxygens (including phenoxy) is 1. The Hall–Kier alpha value is -2.24. The summed E-state index contributed by atoms with van der Waals surface area (Å²) in [5.74, 6) is -1.45. The van der Waals surface area contributed by atoms with Gasteiger partial charge in [0.15, 0.2) is 0 Å². The van der Waals surface area contributed by atoms with Crippen LogP contribution in [0.25, 0.3) is 5.57 Å². The van der Waals surface area contributed by atoms with Crippen LogP contribution in [0.1, 0.15) is 19.4 Å². The van der Waals surface area contributed by atoms with Crippen molar-refractivity contribution in [2.45, 2.75) is 13.8 Å². The summed E-state index contributed by atoms with van der Waals surface area (Å²) in [5, 5.41) is 10.6. The quantitative estimate of drug-likeness (QED) is 0.358. The van der Waals surface area contributed by atoms with Gasteiger partial charge in [-0.25, -0.2) is 4.79 Å². The van der Waals surface area contributed by atoms with E-state index in [0.29, 0.717) is 11.1 Å². The van der Waals surface area contributed by atoms with Gasteiger partial charge in [-0.2, -0.15) is 4.39 Å². The highest BCUT2D eigenvalue weighted by atomic mass is 19.1. The lowest BCUT2D eigenvalue weighted by Gasteiger charge is -2.02. The molecule has 0 spiro atoms. The first-order valence-corrected chi connectivity index (χ1v) is 5.25. The number of nitro benzene ring substituents is 1. The summed E-state index contributed by atoms with van der Waals surface area (Å²) >= 11 is 0. The average molecular weight is 253 g/mol. The van der Waals surface area contributed by atoms with Crippen LogP contribution in [0.5, 0.6) is 0 Å². The van der Waals surface area contributed by atoms with Gasteiger partial charge in [0.1, 0.15) is 0 Å². The summed E-state index contributed by atoms with van der Waals surface area (Å²) < 4.78 is 17.8. The molecule has 1 rings (SSSR count). The van der Waals surface area contributed by atoms with Crippen molar-refractivity contribution < 1.29 is 18.8 Å². The minimum Gasteiger partial charge on any atom is -0.463 e. The maximum absolute atomic E-state index is 13.1. The maximum Gasteiger partial charge on any atom is 0.331 e. The van der Waals surface area contributed by atoms with E-state index in [1.165, 1.54) is 12.1 Å². The smallest absolute Gasteiger partial charge is 0.331 e. The highest BCUT2D eigenvalue weighted by molar-refractivity contribution is 5.91. The molecule has 0 saturated heterocycles. The number of benzene rings is 1. The molecule has 0 aliphatic heterocycles. The first kappa shape index (κ1) is 13.8. The predicted molar refractivity (Wildman–Crippen MR) is 63.3 cm³/mol. The van der Waals surface area contributed by atoms with Gasteiger partial charge in [-0.05, 0) is 31.1 Å². The molecule has 0 aliphatic rings. The molecule has 5 nitrogen and oxygen atoms in total. The molecule has 1 aromatic carbocycles. The first-order valence-electron chi connectivity index (χ1n) is 5.25. The largest absolute Gasteiger partial charge is 0.463 e. The van der Waals surface area contributed by atoms with Crippen molar-refractivity contribution in [1.29, 1.82) is 0 Å². The molecule has 0 aromatic heterocycles. The standard InChI is InChI=1S/C12H12FNO4/c1-3-18-12(15)6-8(2)9-4-5-10(13)11(7-9)14(16)17/h4-7H,3H2,1-2H3. The molecule has 0 amide bonds. The number of rotatable bonds is 4. The normalized spacial score (nSPS) is 11.2. The van der Waals surface area contributed by atoms with Crippen LogP contribution in [-0.4, -0.2) is 17.5 Å². The second-order valence-electron chi connectivity index (χ2n) is 3.50. The van der Waals surface area contributed by atoms with E-state index in [1.54, 1.807) is 13.8 Å². The zero-order valence-corrected chi connectivity index (χ0v) is 9.97. The van der Waals surface area contributed by atoms with E-state index in [9.17, 15) is 19.3 Å². The molecule has 96 valence electrons. The predicted octanol–water partition coefficient (Wildman–Crippen LogP) is 2.70. The lowest BCUT2D eigenvalue weighted by Crippen LogP contribution is -2.00. The number of carbonyl (C=O) groups is 1. The Bertz CT molecular complexity index is 511. The second kappa shape index (κ2) is 5.90. The SMILES string of the molecule is CCOC(=O)C=C(C)c1ccc(F)c([N+](=O)[O-])c1. The van der Waals surface area contributed by atoms with Crippen LogP contribution < -0.4 is 0 Å². The van der Waals surface area contributed by atoms with Crippen LogP contribution in [0.2, 0.25) is 0 Å². The van der Waals surface area contributed by atoms with E-state index in [0.717, 1.165) is 12.1 Å². The van der Waals surface area contributed by atoms with Gasteiger partial charge in [0.2, 0.25) is 5.82 Å². The Morgan fingerprint density at radius 1 is 1.56 bits per heavy atom. The van der Waals surface area contributed by atoms with Gasteiger partial charge in [0, 0.05) is 12.1 Å². The number of nitro groups is 1. The third-order valence-electron chi connectivity index (χ3n) is 2.22. The topological polar surface area (TPSA) is 69.4 Å². The van der Waals surface area contributed by atoms with Gasteiger partial charge in [0.05, 0.1) is 11.5 Å². The molecule has 0 fully saturated rings.